The number of halogens is 2. The highest BCUT2D eigenvalue weighted by Crippen LogP contribution is 2.24. The van der Waals surface area contributed by atoms with Crippen LogP contribution in [0, 0.1) is 18.6 Å². The van der Waals surface area contributed by atoms with Crippen molar-refractivity contribution in [3.63, 3.8) is 0 Å². The monoisotopic (exact) mass is 370 g/mol. The zero-order valence-electron chi connectivity index (χ0n) is 15.0. The largest absolute Gasteiger partial charge is 0.339 e. The van der Waals surface area contributed by atoms with Gasteiger partial charge in [0.2, 0.25) is 5.91 Å². The summed E-state index contributed by atoms with van der Waals surface area (Å²) in [5.74, 6) is -2.19. The molecule has 1 aliphatic heterocycles. The smallest absolute Gasteiger partial charge is 0.256 e. The van der Waals surface area contributed by atoms with Crippen LogP contribution in [-0.4, -0.2) is 29.8 Å². The van der Waals surface area contributed by atoms with Crippen LogP contribution in [-0.2, 0) is 4.79 Å². The van der Waals surface area contributed by atoms with E-state index >= 15 is 0 Å². The van der Waals surface area contributed by atoms with Crippen LogP contribution in [0.5, 0.6) is 0 Å². The van der Waals surface area contributed by atoms with Gasteiger partial charge in [-0.25, -0.2) is 8.78 Å². The second-order valence-electron chi connectivity index (χ2n) is 6.45. The molecule has 0 spiro atoms. The summed E-state index contributed by atoms with van der Waals surface area (Å²) in [5.41, 5.74) is 1.30. The van der Waals surface area contributed by atoms with Gasteiger partial charge in [0.05, 0.1) is 11.3 Å². The van der Waals surface area contributed by atoms with Crippen LogP contribution in [0.15, 0.2) is 42.5 Å². The van der Waals surface area contributed by atoms with E-state index in [2.05, 4.69) is 5.32 Å². The number of nitrogens with zero attached hydrogens (tertiary/aromatic N) is 1. The van der Waals surface area contributed by atoms with E-state index in [1.165, 1.54) is 6.07 Å². The molecule has 2 aromatic carbocycles. The first-order chi connectivity index (χ1) is 13.0. The van der Waals surface area contributed by atoms with Crippen LogP contribution in [0.4, 0.5) is 14.5 Å². The molecule has 6 heteroatoms. The van der Waals surface area contributed by atoms with Gasteiger partial charge in [-0.05, 0) is 49.6 Å². The number of amides is 2. The lowest BCUT2D eigenvalue weighted by molar-refractivity contribution is -0.111. The molecule has 0 unspecified atom stereocenters. The molecule has 2 aromatic rings. The fraction of sp³-hybridized carbons (Fsp3) is 0.238. The van der Waals surface area contributed by atoms with Crippen molar-refractivity contribution in [1.82, 2.24) is 4.90 Å². The Morgan fingerprint density at radius 3 is 2.33 bits per heavy atom. The van der Waals surface area contributed by atoms with Crippen LogP contribution in [0.1, 0.15) is 34.3 Å². The number of nitrogens with one attached hydrogen (secondary N) is 1. The molecule has 27 heavy (non-hydrogen) atoms. The number of hydrogen-bond acceptors (Lipinski definition) is 2. The first kappa shape index (κ1) is 18.8. The van der Waals surface area contributed by atoms with Crippen molar-refractivity contribution >= 4 is 23.6 Å². The molecular formula is C21H20F2N2O2. The van der Waals surface area contributed by atoms with Crippen molar-refractivity contribution in [2.45, 2.75) is 19.8 Å². The van der Waals surface area contributed by atoms with Gasteiger partial charge in [0.1, 0.15) is 11.6 Å². The number of likely N-dealkylation sites (tertiary alicyclic amines) is 1. The zero-order chi connectivity index (χ0) is 19.4. The van der Waals surface area contributed by atoms with Crippen molar-refractivity contribution in [2.24, 2.45) is 0 Å². The Morgan fingerprint density at radius 1 is 1.04 bits per heavy atom. The van der Waals surface area contributed by atoms with E-state index in [1.54, 1.807) is 17.0 Å². The SMILES string of the molecule is Cc1cccc(NC(=O)C=Cc2c(F)cccc2F)c1C(=O)N1CCCC1. The number of anilines is 1. The minimum absolute atomic E-state index is 0.120. The molecule has 0 aliphatic carbocycles. The number of benzene rings is 2. The van der Waals surface area contributed by atoms with Gasteiger partial charge in [0.15, 0.2) is 0 Å². The van der Waals surface area contributed by atoms with E-state index in [0.29, 0.717) is 24.3 Å². The quantitative estimate of drug-likeness (QED) is 0.822. The average Bonchev–Trinajstić information content (AvgIpc) is 3.16. The van der Waals surface area contributed by atoms with E-state index in [0.717, 1.165) is 42.7 Å². The number of rotatable bonds is 4. The number of carbonyl (C=O) groups excluding carboxylic acids is 2. The Labute approximate surface area is 156 Å². The predicted octanol–water partition coefficient (Wildman–Crippen LogP) is 4.16. The van der Waals surface area contributed by atoms with Gasteiger partial charge in [-0.1, -0.05) is 18.2 Å². The summed E-state index contributed by atoms with van der Waals surface area (Å²) in [5, 5.41) is 2.65. The van der Waals surface area contributed by atoms with Crippen molar-refractivity contribution in [3.8, 4) is 0 Å². The van der Waals surface area contributed by atoms with Gasteiger partial charge in [-0.3, -0.25) is 9.59 Å². The normalized spacial score (nSPS) is 14.0. The molecule has 0 aromatic heterocycles. The second-order valence-corrected chi connectivity index (χ2v) is 6.45. The Kier molecular flexibility index (Phi) is 5.64. The number of carbonyl (C=O) groups is 2. The Bertz CT molecular complexity index is 883. The highest BCUT2D eigenvalue weighted by Gasteiger charge is 2.23. The maximum atomic E-state index is 13.7. The van der Waals surface area contributed by atoms with Gasteiger partial charge in [-0.2, -0.15) is 0 Å². The summed E-state index contributed by atoms with van der Waals surface area (Å²) in [6.07, 6.45) is 4.07. The molecule has 0 atom stereocenters. The molecule has 1 aliphatic rings. The molecule has 1 heterocycles. The zero-order valence-corrected chi connectivity index (χ0v) is 15.0. The van der Waals surface area contributed by atoms with Crippen molar-refractivity contribution < 1.29 is 18.4 Å². The average molecular weight is 370 g/mol. The van der Waals surface area contributed by atoms with Crippen molar-refractivity contribution in [3.05, 3.63) is 70.8 Å². The molecule has 4 nitrogen and oxygen atoms in total. The first-order valence-electron chi connectivity index (χ1n) is 8.79. The Balaban J connectivity index is 1.81. The molecule has 0 saturated carbocycles. The predicted molar refractivity (Wildman–Crippen MR) is 100 cm³/mol. The van der Waals surface area contributed by atoms with E-state index < -0.39 is 17.5 Å². The van der Waals surface area contributed by atoms with Gasteiger partial charge >= 0.3 is 0 Å². The lowest BCUT2D eigenvalue weighted by Gasteiger charge is -2.19. The summed E-state index contributed by atoms with van der Waals surface area (Å²) < 4.78 is 27.3. The van der Waals surface area contributed by atoms with Gasteiger partial charge in [0.25, 0.3) is 5.91 Å². The Hall–Kier alpha value is -3.02. The lowest BCUT2D eigenvalue weighted by atomic mass is 10.0. The highest BCUT2D eigenvalue weighted by molar-refractivity contribution is 6.08. The maximum absolute atomic E-state index is 13.7. The fourth-order valence-corrected chi connectivity index (χ4v) is 3.14. The van der Waals surface area contributed by atoms with E-state index in [4.69, 9.17) is 0 Å². The summed E-state index contributed by atoms with van der Waals surface area (Å²) >= 11 is 0. The van der Waals surface area contributed by atoms with E-state index in [9.17, 15) is 18.4 Å². The fourth-order valence-electron chi connectivity index (χ4n) is 3.14. The third-order valence-corrected chi connectivity index (χ3v) is 4.54. The minimum atomic E-state index is -0.750. The topological polar surface area (TPSA) is 49.4 Å². The second kappa shape index (κ2) is 8.12. The first-order valence-corrected chi connectivity index (χ1v) is 8.79. The maximum Gasteiger partial charge on any atom is 0.256 e. The molecule has 0 radical (unpaired) electrons. The summed E-state index contributed by atoms with van der Waals surface area (Å²) in [6.45, 7) is 3.21. The molecule has 0 bridgehead atoms. The summed E-state index contributed by atoms with van der Waals surface area (Å²) in [7, 11) is 0. The molecule has 140 valence electrons. The Morgan fingerprint density at radius 2 is 1.67 bits per heavy atom. The van der Waals surface area contributed by atoms with Crippen LogP contribution in [0.3, 0.4) is 0 Å². The third-order valence-electron chi connectivity index (χ3n) is 4.54. The van der Waals surface area contributed by atoms with Crippen LogP contribution >= 0.6 is 0 Å². The van der Waals surface area contributed by atoms with Crippen LogP contribution in [0.2, 0.25) is 0 Å². The standard InChI is InChI=1S/C21H20F2N2O2/c1-14-6-4-9-18(20(14)21(27)25-12-2-3-13-25)24-19(26)11-10-15-16(22)7-5-8-17(15)23/h4-11H,2-3,12-13H2,1H3,(H,24,26). The van der Waals surface area contributed by atoms with E-state index in [1.807, 2.05) is 13.0 Å². The van der Waals surface area contributed by atoms with E-state index in [-0.39, 0.29) is 11.5 Å². The highest BCUT2D eigenvalue weighted by atomic mass is 19.1. The third kappa shape index (κ3) is 4.22. The van der Waals surface area contributed by atoms with Crippen LogP contribution < -0.4 is 5.32 Å². The van der Waals surface area contributed by atoms with Gasteiger partial charge < -0.3 is 10.2 Å². The summed E-state index contributed by atoms with van der Waals surface area (Å²) in [4.78, 5) is 26.8. The molecule has 1 saturated heterocycles. The number of hydrogen-bond donors (Lipinski definition) is 1. The molecule has 2 amide bonds. The molecular weight excluding hydrogens is 350 g/mol. The van der Waals surface area contributed by atoms with Crippen molar-refractivity contribution in [1.29, 1.82) is 0 Å². The van der Waals surface area contributed by atoms with Gasteiger partial charge in [0, 0.05) is 24.7 Å². The molecule has 1 N–H and O–H groups in total. The summed E-state index contributed by atoms with van der Waals surface area (Å²) in [6, 6.07) is 8.69. The lowest BCUT2D eigenvalue weighted by Crippen LogP contribution is -2.29. The van der Waals surface area contributed by atoms with Crippen molar-refractivity contribution in [2.75, 3.05) is 18.4 Å². The van der Waals surface area contributed by atoms with Crippen LogP contribution in [0.25, 0.3) is 6.08 Å². The molecule has 3 rings (SSSR count). The molecule has 1 fully saturated rings. The minimum Gasteiger partial charge on any atom is -0.339 e. The number of aryl methyl sites for hydroxylation is 1. The van der Waals surface area contributed by atoms with Gasteiger partial charge in [-0.15, -0.1) is 0 Å².